The van der Waals surface area contributed by atoms with Gasteiger partial charge in [0.25, 0.3) is 11.8 Å². The fraction of sp³-hybridized carbons (Fsp3) is 0.227. The highest BCUT2D eigenvalue weighted by Gasteiger charge is 2.31. The molecule has 0 fully saturated rings. The Bertz CT molecular complexity index is 2270. The zero-order valence-corrected chi connectivity index (χ0v) is 33.8. The molecule has 4 aromatic carbocycles. The number of benzene rings is 4. The van der Waals surface area contributed by atoms with Crippen LogP contribution in [0.15, 0.2) is 108 Å². The largest absolute Gasteiger partial charge is 0.493 e. The van der Waals surface area contributed by atoms with E-state index in [-0.39, 0.29) is 11.6 Å². The topological polar surface area (TPSA) is 141 Å². The minimum Gasteiger partial charge on any atom is -0.493 e. The minimum atomic E-state index is -0.590. The van der Waals surface area contributed by atoms with E-state index >= 15 is 0 Å². The molecule has 6 rings (SSSR count). The number of methoxy groups -OCH3 is 4. The Morgan fingerprint density at radius 3 is 2.16 bits per heavy atom. The molecule has 2 atom stereocenters. The molecular weight excluding hydrogens is 763 g/mol. The Morgan fingerprint density at radius 2 is 1.51 bits per heavy atom. The molecule has 1 aromatic heterocycles. The van der Waals surface area contributed by atoms with Crippen molar-refractivity contribution in [3.05, 3.63) is 135 Å². The average molecular weight is 806 g/mol. The lowest BCUT2D eigenvalue weighted by Gasteiger charge is -2.22. The molecule has 0 saturated carbocycles. The quantitative estimate of drug-likeness (QED) is 0.0574. The van der Waals surface area contributed by atoms with Crippen LogP contribution in [0.3, 0.4) is 0 Å². The van der Waals surface area contributed by atoms with Crippen molar-refractivity contribution in [2.24, 2.45) is 0 Å². The lowest BCUT2D eigenvalue weighted by Crippen LogP contribution is -2.30. The summed E-state index contributed by atoms with van der Waals surface area (Å²) in [6, 6.07) is 29.3. The van der Waals surface area contributed by atoms with Crippen molar-refractivity contribution in [2.45, 2.75) is 42.2 Å². The number of carbonyl (C=O) groups is 4. The van der Waals surface area contributed by atoms with Gasteiger partial charge in [-0.3, -0.25) is 14.4 Å². The highest BCUT2D eigenvalue weighted by atomic mass is 32.2. The van der Waals surface area contributed by atoms with Crippen LogP contribution in [0, 0.1) is 0 Å². The van der Waals surface area contributed by atoms with Gasteiger partial charge in [0.05, 0.1) is 39.3 Å². The Labute approximate surface area is 339 Å². The van der Waals surface area contributed by atoms with Crippen molar-refractivity contribution in [1.82, 2.24) is 5.32 Å². The average Bonchev–Trinajstić information content (AvgIpc) is 3.60. The van der Waals surface area contributed by atoms with Gasteiger partial charge in [0.2, 0.25) is 11.7 Å². The SMILES string of the molecule is COC(=O)c1c(NC(=O)C(C)Sc2cccc(NC(=O)/C(=C\c3cc(OC)c(OC)c(OC)c3)NC(=O)c3ccccc3)c2)sc2c1CCC(c1ccccc1)C2. The summed E-state index contributed by atoms with van der Waals surface area (Å²) < 4.78 is 21.6. The first kappa shape index (κ1) is 40.6. The van der Waals surface area contributed by atoms with Crippen LogP contribution in [0.4, 0.5) is 10.7 Å². The van der Waals surface area contributed by atoms with Gasteiger partial charge < -0.3 is 34.9 Å². The molecule has 1 heterocycles. The summed E-state index contributed by atoms with van der Waals surface area (Å²) in [5.74, 6) is -0.368. The molecule has 0 spiro atoms. The van der Waals surface area contributed by atoms with Crippen LogP contribution in [-0.2, 0) is 27.2 Å². The maximum atomic E-state index is 13.9. The third-order valence-corrected chi connectivity index (χ3v) is 11.7. The van der Waals surface area contributed by atoms with E-state index in [2.05, 4.69) is 28.1 Å². The summed E-state index contributed by atoms with van der Waals surface area (Å²) in [7, 11) is 5.81. The van der Waals surface area contributed by atoms with Crippen molar-refractivity contribution in [1.29, 1.82) is 0 Å². The second-order valence-electron chi connectivity index (χ2n) is 13.1. The molecule has 2 unspecified atom stereocenters. The van der Waals surface area contributed by atoms with E-state index < -0.39 is 23.0 Å². The van der Waals surface area contributed by atoms with Crippen LogP contribution < -0.4 is 30.2 Å². The van der Waals surface area contributed by atoms with Crippen LogP contribution in [0.5, 0.6) is 17.2 Å². The number of amides is 3. The van der Waals surface area contributed by atoms with Gasteiger partial charge in [0.1, 0.15) is 10.7 Å². The maximum absolute atomic E-state index is 13.9. The van der Waals surface area contributed by atoms with Crippen molar-refractivity contribution in [3.63, 3.8) is 0 Å². The van der Waals surface area contributed by atoms with Crippen LogP contribution in [0.2, 0.25) is 0 Å². The number of esters is 1. The Morgan fingerprint density at radius 1 is 0.825 bits per heavy atom. The van der Waals surface area contributed by atoms with Crippen LogP contribution in [0.1, 0.15) is 61.5 Å². The number of anilines is 2. The highest BCUT2D eigenvalue weighted by molar-refractivity contribution is 8.00. The second-order valence-corrected chi connectivity index (χ2v) is 15.6. The number of hydrogen-bond acceptors (Lipinski definition) is 10. The fourth-order valence-electron chi connectivity index (χ4n) is 6.61. The number of nitrogens with one attached hydrogen (secondary N) is 3. The first-order valence-corrected chi connectivity index (χ1v) is 19.9. The predicted octanol–water partition coefficient (Wildman–Crippen LogP) is 8.36. The van der Waals surface area contributed by atoms with Gasteiger partial charge >= 0.3 is 5.97 Å². The van der Waals surface area contributed by atoms with Crippen LogP contribution in [-0.4, -0.2) is 57.4 Å². The van der Waals surface area contributed by atoms with Gasteiger partial charge in [-0.2, -0.15) is 0 Å². The summed E-state index contributed by atoms with van der Waals surface area (Å²) >= 11 is 2.73. The highest BCUT2D eigenvalue weighted by Crippen LogP contribution is 2.43. The summed E-state index contributed by atoms with van der Waals surface area (Å²) in [6.45, 7) is 1.78. The lowest BCUT2D eigenvalue weighted by molar-refractivity contribution is -0.115. The predicted molar refractivity (Wildman–Crippen MR) is 224 cm³/mol. The monoisotopic (exact) mass is 805 g/mol. The molecular formula is C44H43N3O8S2. The smallest absolute Gasteiger partial charge is 0.341 e. The molecule has 1 aliphatic rings. The molecule has 294 valence electrons. The Balaban J connectivity index is 1.19. The Hall–Kier alpha value is -6.05. The first-order valence-electron chi connectivity index (χ1n) is 18.2. The molecule has 1 aliphatic carbocycles. The molecule has 0 radical (unpaired) electrons. The maximum Gasteiger partial charge on any atom is 0.341 e. The third-order valence-electron chi connectivity index (χ3n) is 9.46. The van der Waals surface area contributed by atoms with E-state index in [4.69, 9.17) is 18.9 Å². The van der Waals surface area contributed by atoms with E-state index in [9.17, 15) is 19.2 Å². The minimum absolute atomic E-state index is 0.0425. The number of thioether (sulfide) groups is 1. The summed E-state index contributed by atoms with van der Waals surface area (Å²) in [4.78, 5) is 55.6. The molecule has 57 heavy (non-hydrogen) atoms. The van der Waals surface area contributed by atoms with Crippen LogP contribution >= 0.6 is 23.1 Å². The third kappa shape index (κ3) is 9.68. The van der Waals surface area contributed by atoms with Crippen molar-refractivity contribution in [2.75, 3.05) is 39.1 Å². The summed E-state index contributed by atoms with van der Waals surface area (Å²) in [6.07, 6.45) is 3.90. The van der Waals surface area contributed by atoms with E-state index in [1.165, 1.54) is 63.2 Å². The zero-order chi connectivity index (χ0) is 40.5. The number of carbonyl (C=O) groups excluding carboxylic acids is 4. The normalized spacial score (nSPS) is 14.1. The number of thiophene rings is 1. The van der Waals surface area contributed by atoms with Crippen molar-refractivity contribution >= 4 is 63.6 Å². The first-order chi connectivity index (χ1) is 27.6. The van der Waals surface area contributed by atoms with Gasteiger partial charge in [-0.15, -0.1) is 23.1 Å². The number of rotatable bonds is 14. The van der Waals surface area contributed by atoms with Gasteiger partial charge in [-0.1, -0.05) is 54.6 Å². The standard InChI is InChI=1S/C44H43N3O8S2/c1-26(40(48)47-43-38(44(51)55-5)33-20-19-30(24-37(33)57-43)28-13-8-6-9-14-28)56-32-18-12-17-31(25-32)45-42(50)34(46-41(49)29-15-10-7-11-16-29)21-27-22-35(52-2)39(54-4)36(23-27)53-3/h6-18,21-23,25-26,30H,19-20,24H2,1-5H3,(H,45,50)(H,46,49)(H,47,48)/b34-21+. The molecule has 0 aliphatic heterocycles. The van der Waals surface area contributed by atoms with Crippen molar-refractivity contribution < 1.29 is 38.1 Å². The zero-order valence-electron chi connectivity index (χ0n) is 32.2. The molecule has 3 amide bonds. The summed E-state index contributed by atoms with van der Waals surface area (Å²) in [5, 5.41) is 8.55. The number of fused-ring (bicyclic) bond motifs is 1. The number of hydrogen-bond donors (Lipinski definition) is 3. The van der Waals surface area contributed by atoms with Gasteiger partial charge in [0, 0.05) is 21.0 Å². The molecule has 0 bridgehead atoms. The second kappa shape index (κ2) is 18.7. The van der Waals surface area contributed by atoms with E-state index in [1.807, 2.05) is 24.3 Å². The fourth-order valence-corrected chi connectivity index (χ4v) is 8.86. The number of ether oxygens (including phenoxy) is 4. The van der Waals surface area contributed by atoms with E-state index in [1.54, 1.807) is 67.6 Å². The molecule has 3 N–H and O–H groups in total. The van der Waals surface area contributed by atoms with E-state index in [0.717, 1.165) is 23.3 Å². The summed E-state index contributed by atoms with van der Waals surface area (Å²) in [5.41, 5.74) is 3.89. The van der Waals surface area contributed by atoms with Crippen molar-refractivity contribution in [3.8, 4) is 17.2 Å². The molecule has 0 saturated heterocycles. The van der Waals surface area contributed by atoms with E-state index in [0.29, 0.717) is 61.9 Å². The molecule has 5 aromatic rings. The van der Waals surface area contributed by atoms with Gasteiger partial charge in [-0.05, 0) is 97.3 Å². The van der Waals surface area contributed by atoms with Gasteiger partial charge in [-0.25, -0.2) is 4.79 Å². The Kier molecular flexibility index (Phi) is 13.3. The molecule has 13 heteroatoms. The van der Waals surface area contributed by atoms with Gasteiger partial charge in [0.15, 0.2) is 11.5 Å². The van der Waals surface area contributed by atoms with Crippen LogP contribution in [0.25, 0.3) is 6.08 Å². The lowest BCUT2D eigenvalue weighted by atomic mass is 9.83. The molecule has 11 nitrogen and oxygen atoms in total.